The highest BCUT2D eigenvalue weighted by Gasteiger charge is 2.45. The van der Waals surface area contributed by atoms with E-state index in [1.54, 1.807) is 37.7 Å². The molecule has 4 aliphatic carbocycles. The second kappa shape index (κ2) is 26.7. The van der Waals surface area contributed by atoms with Crippen molar-refractivity contribution in [2.45, 2.75) is 203 Å². The van der Waals surface area contributed by atoms with E-state index in [1.165, 1.54) is 0 Å². The zero-order valence-electron chi connectivity index (χ0n) is 44.7. The SMILES string of the molecule is CN[C@@H](C)C(=O)N[C@H](C(=O)N1CCC[C@H]1C(=O)NC1c2ccccc2C[C@H]1OCCCCCCO[C@@H]1Cc2ccccc2[C@@H]1NC(=O)[C@@H]1CCCN1C(=O)[C@@H](NC(=O)[C@H](C)NC)C1CCCCC1)C1CCCCC1. The molecule has 8 rings (SSSR count). The highest BCUT2D eigenvalue weighted by Crippen LogP contribution is 2.37. The summed E-state index contributed by atoms with van der Waals surface area (Å²) in [6.45, 7) is 5.64. The first-order valence-electron chi connectivity index (χ1n) is 28.5. The third-order valence-corrected chi connectivity index (χ3v) is 17.4. The molecule has 0 spiro atoms. The van der Waals surface area contributed by atoms with Crippen molar-refractivity contribution in [3.8, 4) is 0 Å². The van der Waals surface area contributed by atoms with E-state index in [0.717, 1.165) is 125 Å². The van der Waals surface area contributed by atoms with Gasteiger partial charge in [-0.1, -0.05) is 99.9 Å². The molecule has 0 bridgehead atoms. The van der Waals surface area contributed by atoms with Crippen molar-refractivity contribution in [1.82, 2.24) is 41.7 Å². The molecule has 6 amide bonds. The van der Waals surface area contributed by atoms with Crippen LogP contribution < -0.4 is 31.9 Å². The quantitative estimate of drug-likeness (QED) is 0.0777. The number of likely N-dealkylation sites (tertiary alicyclic amines) is 2. The highest BCUT2D eigenvalue weighted by atomic mass is 16.5. The lowest BCUT2D eigenvalue weighted by Crippen LogP contribution is -2.58. The molecule has 2 heterocycles. The Balaban J connectivity index is 0.810. The lowest BCUT2D eigenvalue weighted by molar-refractivity contribution is -0.143. The van der Waals surface area contributed by atoms with E-state index in [0.29, 0.717) is 52.0 Å². The molecule has 4 fully saturated rings. The summed E-state index contributed by atoms with van der Waals surface area (Å²) in [6, 6.07) is 12.3. The molecule has 6 aliphatic rings. The normalized spacial score (nSPS) is 25.6. The fourth-order valence-corrected chi connectivity index (χ4v) is 12.8. The van der Waals surface area contributed by atoms with Crippen LogP contribution in [-0.2, 0) is 51.1 Å². The molecule has 74 heavy (non-hydrogen) atoms. The monoisotopic (exact) mass is 1020 g/mol. The number of hydrogen-bond donors (Lipinski definition) is 6. The summed E-state index contributed by atoms with van der Waals surface area (Å²) in [4.78, 5) is 86.9. The van der Waals surface area contributed by atoms with E-state index in [9.17, 15) is 28.8 Å². The van der Waals surface area contributed by atoms with Crippen molar-refractivity contribution in [2.24, 2.45) is 11.8 Å². The molecule has 2 aromatic carbocycles. The molecule has 2 aromatic rings. The number of nitrogens with zero attached hydrogens (tertiary/aromatic N) is 2. The van der Waals surface area contributed by atoms with Gasteiger partial charge in [0.2, 0.25) is 35.4 Å². The number of unbranched alkanes of at least 4 members (excludes halogenated alkanes) is 3. The zero-order valence-corrected chi connectivity index (χ0v) is 44.7. The van der Waals surface area contributed by atoms with Crippen LogP contribution in [0.4, 0.5) is 0 Å². The maximum absolute atomic E-state index is 14.4. The first-order chi connectivity index (χ1) is 36.0. The standard InChI is InChI=1S/C58H86N8O8/c1-37(59-3)53(67)61-49(39-21-9-7-10-22-39)57(71)65-31-19-29-45(65)55(69)63-51-43-27-15-13-25-41(43)35-47(51)73-33-17-5-6-18-34-74-48-36-42-26-14-16-28-44(42)52(48)64-56(70)46-30-20-32-66(46)58(72)50(40-23-11-8-12-24-40)62-54(68)38(2)60-4/h13-16,25-28,37-40,45-52,59-60H,5-12,17-24,29-36H2,1-4H3,(H,61,67)(H,62,68)(H,63,69)(H,64,70)/t37-,38-,45-,46-,47+,48+,49-,50-,51-,52?/m0/s1. The summed E-state index contributed by atoms with van der Waals surface area (Å²) in [5.74, 6) is -0.965. The van der Waals surface area contributed by atoms with Gasteiger partial charge in [0.25, 0.3) is 0 Å². The Bertz CT molecular complexity index is 2080. The van der Waals surface area contributed by atoms with Crippen LogP contribution in [0.2, 0.25) is 0 Å². The van der Waals surface area contributed by atoms with Gasteiger partial charge in [-0.25, -0.2) is 0 Å². The highest BCUT2D eigenvalue weighted by molar-refractivity contribution is 5.95. The summed E-state index contributed by atoms with van der Waals surface area (Å²) in [6.07, 6.45) is 17.0. The van der Waals surface area contributed by atoms with Crippen LogP contribution in [0.3, 0.4) is 0 Å². The summed E-state index contributed by atoms with van der Waals surface area (Å²) >= 11 is 0. The van der Waals surface area contributed by atoms with E-state index in [1.807, 2.05) is 24.3 Å². The number of fused-ring (bicyclic) bond motifs is 2. The first-order valence-corrected chi connectivity index (χ1v) is 28.5. The number of amides is 6. The second-order valence-corrected chi connectivity index (χ2v) is 22.2. The van der Waals surface area contributed by atoms with E-state index in [-0.39, 0.29) is 71.6 Å². The second-order valence-electron chi connectivity index (χ2n) is 22.2. The number of hydrogen-bond acceptors (Lipinski definition) is 10. The number of rotatable bonds is 23. The topological polar surface area (TPSA) is 200 Å². The minimum atomic E-state index is -0.653. The smallest absolute Gasteiger partial charge is 0.246 e. The number of likely N-dealkylation sites (N-methyl/N-ethyl adjacent to an activating group) is 2. The molecule has 0 radical (unpaired) electrons. The molecule has 406 valence electrons. The van der Waals surface area contributed by atoms with Gasteiger partial charge >= 0.3 is 0 Å². The molecule has 16 nitrogen and oxygen atoms in total. The minimum Gasteiger partial charge on any atom is -0.375 e. The summed E-state index contributed by atoms with van der Waals surface area (Å²) < 4.78 is 13.2. The van der Waals surface area contributed by atoms with Gasteiger partial charge in [-0.2, -0.15) is 0 Å². The molecule has 6 N–H and O–H groups in total. The number of benzene rings is 2. The number of nitrogens with one attached hydrogen (secondary N) is 6. The Kier molecular flexibility index (Phi) is 20.0. The van der Waals surface area contributed by atoms with Crippen molar-refractivity contribution in [2.75, 3.05) is 40.4 Å². The predicted molar refractivity (Wildman–Crippen MR) is 284 cm³/mol. The summed E-state index contributed by atoms with van der Waals surface area (Å²) in [5, 5.41) is 18.8. The Morgan fingerprint density at radius 3 is 1.31 bits per heavy atom. The van der Waals surface area contributed by atoms with E-state index >= 15 is 0 Å². The molecule has 2 aliphatic heterocycles. The Morgan fingerprint density at radius 1 is 0.527 bits per heavy atom. The summed E-state index contributed by atoms with van der Waals surface area (Å²) in [5.41, 5.74) is 4.40. The maximum Gasteiger partial charge on any atom is 0.246 e. The first kappa shape index (κ1) is 55.3. The van der Waals surface area contributed by atoms with Crippen LogP contribution in [0, 0.1) is 11.8 Å². The van der Waals surface area contributed by atoms with Gasteiger partial charge in [0.15, 0.2) is 0 Å². The molecular formula is C58H86N8O8. The average Bonchev–Trinajstić information content (AvgIpc) is 4.26. The third-order valence-electron chi connectivity index (χ3n) is 17.4. The van der Waals surface area contributed by atoms with Crippen molar-refractivity contribution in [3.63, 3.8) is 0 Å². The van der Waals surface area contributed by atoms with Crippen LogP contribution in [0.5, 0.6) is 0 Å². The van der Waals surface area contributed by atoms with Crippen molar-refractivity contribution in [1.29, 1.82) is 0 Å². The number of carbonyl (C=O) groups is 6. The molecule has 1 unspecified atom stereocenters. The Morgan fingerprint density at radius 2 is 0.919 bits per heavy atom. The predicted octanol–water partition coefficient (Wildman–Crippen LogP) is 5.47. The van der Waals surface area contributed by atoms with Crippen molar-refractivity contribution in [3.05, 3.63) is 70.8 Å². The third kappa shape index (κ3) is 13.4. The van der Waals surface area contributed by atoms with Crippen molar-refractivity contribution >= 4 is 35.4 Å². The fourth-order valence-electron chi connectivity index (χ4n) is 12.8. The zero-order chi connectivity index (χ0) is 52.1. The number of carbonyl (C=O) groups excluding carboxylic acids is 6. The van der Waals surface area contributed by atoms with Crippen LogP contribution in [0.15, 0.2) is 48.5 Å². The van der Waals surface area contributed by atoms with Crippen LogP contribution >= 0.6 is 0 Å². The van der Waals surface area contributed by atoms with Crippen LogP contribution in [-0.4, -0.2) is 134 Å². The van der Waals surface area contributed by atoms with Gasteiger partial charge in [-0.15, -0.1) is 0 Å². The Hall–Kier alpha value is -4.90. The lowest BCUT2D eigenvalue weighted by atomic mass is 9.83. The maximum atomic E-state index is 14.4. The molecule has 16 heteroatoms. The van der Waals surface area contributed by atoms with E-state index in [2.05, 4.69) is 56.2 Å². The van der Waals surface area contributed by atoms with E-state index < -0.39 is 36.3 Å². The Labute approximate surface area is 439 Å². The molecular weight excluding hydrogens is 937 g/mol. The molecule has 0 aromatic heterocycles. The van der Waals surface area contributed by atoms with E-state index in [4.69, 9.17) is 9.47 Å². The number of ether oxygens (including phenoxy) is 2. The van der Waals surface area contributed by atoms with Crippen molar-refractivity contribution < 1.29 is 38.2 Å². The average molecular weight is 1020 g/mol. The van der Waals surface area contributed by atoms with Gasteiger partial charge in [-0.05, 0) is 126 Å². The molecule has 10 atom stereocenters. The summed E-state index contributed by atoms with van der Waals surface area (Å²) in [7, 11) is 3.47. The lowest BCUT2D eigenvalue weighted by Gasteiger charge is -2.35. The van der Waals surface area contributed by atoms with Gasteiger partial charge < -0.3 is 51.2 Å². The van der Waals surface area contributed by atoms with Crippen LogP contribution in [0.25, 0.3) is 0 Å². The van der Waals surface area contributed by atoms with Gasteiger partial charge in [0.1, 0.15) is 24.2 Å². The van der Waals surface area contributed by atoms with Gasteiger partial charge in [-0.3, -0.25) is 28.8 Å². The van der Waals surface area contributed by atoms with Crippen LogP contribution in [0.1, 0.15) is 164 Å². The molecule has 2 saturated carbocycles. The van der Waals surface area contributed by atoms with Gasteiger partial charge in [0.05, 0.1) is 36.4 Å². The van der Waals surface area contributed by atoms with Gasteiger partial charge in [0, 0.05) is 39.1 Å². The molecule has 2 saturated heterocycles. The largest absolute Gasteiger partial charge is 0.375 e. The fraction of sp³-hybridized carbons (Fsp3) is 0.690. The minimum absolute atomic E-state index is 0.0485.